The maximum Gasteiger partial charge on any atom is 0.0439 e. The van der Waals surface area contributed by atoms with E-state index in [0.29, 0.717) is 12.1 Å². The van der Waals surface area contributed by atoms with Crippen molar-refractivity contribution in [3.05, 3.63) is 61.3 Å². The van der Waals surface area contributed by atoms with Gasteiger partial charge in [-0.2, -0.15) is 0 Å². The molecular weight excluding hydrogens is 268 g/mol. The molecule has 1 rings (SSSR count). The second-order valence-electron chi connectivity index (χ2n) is 6.83. The normalized spacial score (nSPS) is 21.9. The van der Waals surface area contributed by atoms with Crippen LogP contribution in [0.25, 0.3) is 0 Å². The molecule has 2 heteroatoms. The van der Waals surface area contributed by atoms with E-state index in [2.05, 4.69) is 51.6 Å². The van der Waals surface area contributed by atoms with E-state index in [1.165, 1.54) is 16.7 Å². The fourth-order valence-electron chi connectivity index (χ4n) is 3.26. The van der Waals surface area contributed by atoms with E-state index in [0.717, 1.165) is 32.1 Å². The largest absolute Gasteiger partial charge is 0.321 e. The number of nitrogens with two attached hydrogens (primary N) is 1. The summed E-state index contributed by atoms with van der Waals surface area (Å²) in [5.41, 5.74) is 10.0. The lowest BCUT2D eigenvalue weighted by Crippen LogP contribution is -2.49. The molecule has 22 heavy (non-hydrogen) atoms. The summed E-state index contributed by atoms with van der Waals surface area (Å²) in [6, 6.07) is 0.683. The maximum atomic E-state index is 6.70. The maximum absolute atomic E-state index is 6.70. The van der Waals surface area contributed by atoms with Crippen LogP contribution in [0.1, 0.15) is 46.0 Å². The molecule has 2 atom stereocenters. The second-order valence-corrected chi connectivity index (χ2v) is 6.83. The summed E-state index contributed by atoms with van der Waals surface area (Å²) in [4.78, 5) is 0. The lowest BCUT2D eigenvalue weighted by Gasteiger charge is -2.39. The molecule has 3 N–H and O–H groups in total. The van der Waals surface area contributed by atoms with Crippen LogP contribution in [0.4, 0.5) is 0 Å². The van der Waals surface area contributed by atoms with Crippen molar-refractivity contribution in [2.24, 2.45) is 5.73 Å². The van der Waals surface area contributed by atoms with E-state index in [4.69, 9.17) is 5.73 Å². The Morgan fingerprint density at radius 1 is 1.23 bits per heavy atom. The molecule has 0 aromatic carbocycles. The van der Waals surface area contributed by atoms with Gasteiger partial charge in [-0.3, -0.25) is 0 Å². The zero-order valence-corrected chi connectivity index (χ0v) is 14.3. The first kappa shape index (κ1) is 18.7. The molecule has 0 fully saturated rings. The number of nitrogens with one attached hydrogen (secondary N) is 1. The van der Waals surface area contributed by atoms with Crippen molar-refractivity contribution in [3.8, 4) is 0 Å². The number of rotatable bonds is 9. The van der Waals surface area contributed by atoms with Crippen LogP contribution in [-0.2, 0) is 0 Å². The fourth-order valence-corrected chi connectivity index (χ4v) is 3.26. The second kappa shape index (κ2) is 8.30. The molecule has 0 aromatic heterocycles. The van der Waals surface area contributed by atoms with Crippen molar-refractivity contribution in [1.82, 2.24) is 5.32 Å². The summed E-state index contributed by atoms with van der Waals surface area (Å²) in [7, 11) is 0. The van der Waals surface area contributed by atoms with E-state index >= 15 is 0 Å². The molecule has 1 aliphatic rings. The average Bonchev–Trinajstić information content (AvgIpc) is 2.37. The van der Waals surface area contributed by atoms with Crippen molar-refractivity contribution >= 4 is 0 Å². The molecular formula is C20H32N2. The first-order valence-electron chi connectivity index (χ1n) is 8.07. The summed E-state index contributed by atoms with van der Waals surface area (Å²) in [6.45, 7) is 20.0. The standard InChI is InChI=1S/C20H32N2/c1-7-9-20(21,10-8-2)17-13-18(11-15(3)4)22-19(14-17)12-16(5)6/h7-8,13,18-19,22H,1-3,5,9-12,14,21H2,4,6H3. The van der Waals surface area contributed by atoms with Crippen LogP contribution in [0.5, 0.6) is 0 Å². The molecule has 0 amide bonds. The molecule has 0 aromatic rings. The highest BCUT2D eigenvalue weighted by Crippen LogP contribution is 2.32. The van der Waals surface area contributed by atoms with Gasteiger partial charge in [0.25, 0.3) is 0 Å². The van der Waals surface area contributed by atoms with Gasteiger partial charge < -0.3 is 11.1 Å². The fraction of sp³-hybridized carbons (Fsp3) is 0.500. The Labute approximate surface area is 136 Å². The van der Waals surface area contributed by atoms with Gasteiger partial charge >= 0.3 is 0 Å². The Kier molecular flexibility index (Phi) is 7.05. The van der Waals surface area contributed by atoms with Crippen LogP contribution in [0.3, 0.4) is 0 Å². The Bertz CT molecular complexity index is 460. The first-order chi connectivity index (χ1) is 10.3. The van der Waals surface area contributed by atoms with Crippen molar-refractivity contribution in [2.45, 2.75) is 63.6 Å². The van der Waals surface area contributed by atoms with Gasteiger partial charge in [-0.15, -0.1) is 26.3 Å². The van der Waals surface area contributed by atoms with Gasteiger partial charge in [-0.05, 0) is 46.0 Å². The SMILES string of the molecule is C=CCC(N)(CC=C)C1=CC(CC(=C)C)NC(CC(=C)C)C1. The topological polar surface area (TPSA) is 38.0 Å². The van der Waals surface area contributed by atoms with Crippen molar-refractivity contribution in [2.75, 3.05) is 0 Å². The number of hydrogen-bond donors (Lipinski definition) is 2. The monoisotopic (exact) mass is 300 g/mol. The predicted octanol–water partition coefficient (Wildman–Crippen LogP) is 4.43. The van der Waals surface area contributed by atoms with Crippen molar-refractivity contribution < 1.29 is 0 Å². The van der Waals surface area contributed by atoms with E-state index in [-0.39, 0.29) is 5.54 Å². The molecule has 0 aliphatic carbocycles. The molecule has 0 radical (unpaired) electrons. The highest BCUT2D eigenvalue weighted by atomic mass is 15.0. The molecule has 2 nitrogen and oxygen atoms in total. The minimum atomic E-state index is -0.369. The number of hydrogen-bond acceptors (Lipinski definition) is 2. The molecule has 1 heterocycles. The highest BCUT2D eigenvalue weighted by Gasteiger charge is 2.32. The quantitative estimate of drug-likeness (QED) is 0.618. The van der Waals surface area contributed by atoms with E-state index in [1.54, 1.807) is 0 Å². The molecule has 0 saturated heterocycles. The minimum Gasteiger partial charge on any atom is -0.321 e. The minimum absolute atomic E-state index is 0.295. The Morgan fingerprint density at radius 3 is 2.23 bits per heavy atom. The summed E-state index contributed by atoms with van der Waals surface area (Å²) >= 11 is 0. The third kappa shape index (κ3) is 5.43. The molecule has 0 saturated carbocycles. The lowest BCUT2D eigenvalue weighted by atomic mass is 9.77. The third-order valence-corrected chi connectivity index (χ3v) is 4.14. The van der Waals surface area contributed by atoms with Crippen molar-refractivity contribution in [1.29, 1.82) is 0 Å². The highest BCUT2D eigenvalue weighted by molar-refractivity contribution is 5.29. The van der Waals surface area contributed by atoms with E-state index < -0.39 is 0 Å². The summed E-state index contributed by atoms with van der Waals surface area (Å²) in [6.07, 6.45) is 10.5. The predicted molar refractivity (Wildman–Crippen MR) is 98.8 cm³/mol. The summed E-state index contributed by atoms with van der Waals surface area (Å²) < 4.78 is 0. The van der Waals surface area contributed by atoms with Gasteiger partial charge in [0.05, 0.1) is 0 Å². The van der Waals surface area contributed by atoms with Gasteiger partial charge in [0.15, 0.2) is 0 Å². The smallest absolute Gasteiger partial charge is 0.0439 e. The van der Waals surface area contributed by atoms with E-state index in [1.807, 2.05) is 12.2 Å². The van der Waals surface area contributed by atoms with Gasteiger partial charge in [0.2, 0.25) is 0 Å². The first-order valence-corrected chi connectivity index (χ1v) is 8.07. The van der Waals surface area contributed by atoms with Crippen LogP contribution in [0, 0.1) is 0 Å². The molecule has 122 valence electrons. The Balaban J connectivity index is 3.06. The zero-order valence-electron chi connectivity index (χ0n) is 14.3. The molecule has 2 unspecified atom stereocenters. The Hall–Kier alpha value is -1.38. The van der Waals surface area contributed by atoms with Gasteiger partial charge in [-0.25, -0.2) is 0 Å². The van der Waals surface area contributed by atoms with Gasteiger partial charge in [-0.1, -0.05) is 34.9 Å². The summed E-state index contributed by atoms with van der Waals surface area (Å²) in [5.74, 6) is 0. The average molecular weight is 300 g/mol. The van der Waals surface area contributed by atoms with E-state index in [9.17, 15) is 0 Å². The lowest BCUT2D eigenvalue weighted by molar-refractivity contribution is 0.386. The zero-order chi connectivity index (χ0) is 16.8. The third-order valence-electron chi connectivity index (χ3n) is 4.14. The molecule has 0 spiro atoms. The van der Waals surface area contributed by atoms with Crippen molar-refractivity contribution in [3.63, 3.8) is 0 Å². The summed E-state index contributed by atoms with van der Waals surface area (Å²) in [5, 5.41) is 3.70. The van der Waals surface area contributed by atoms with Gasteiger partial charge in [0.1, 0.15) is 0 Å². The molecule has 1 aliphatic heterocycles. The van der Waals surface area contributed by atoms with Crippen LogP contribution in [-0.4, -0.2) is 17.6 Å². The Morgan fingerprint density at radius 2 is 1.77 bits per heavy atom. The van der Waals surface area contributed by atoms with Crippen LogP contribution in [0.2, 0.25) is 0 Å². The van der Waals surface area contributed by atoms with Crippen LogP contribution in [0.15, 0.2) is 61.3 Å². The van der Waals surface area contributed by atoms with Crippen LogP contribution >= 0.6 is 0 Å². The molecule has 0 bridgehead atoms. The van der Waals surface area contributed by atoms with Crippen LogP contribution < -0.4 is 11.1 Å². The van der Waals surface area contributed by atoms with Gasteiger partial charge in [0, 0.05) is 17.6 Å².